The van der Waals surface area contributed by atoms with E-state index in [1.807, 2.05) is 6.07 Å². The molecule has 1 saturated carbocycles. The lowest BCUT2D eigenvalue weighted by Crippen LogP contribution is -2.33. The third-order valence-electron chi connectivity index (χ3n) is 3.95. The predicted molar refractivity (Wildman–Crippen MR) is 81.6 cm³/mol. The van der Waals surface area contributed by atoms with Gasteiger partial charge in [-0.2, -0.15) is 0 Å². The molecule has 0 aliphatic heterocycles. The normalized spacial score (nSPS) is 18.7. The van der Waals surface area contributed by atoms with Gasteiger partial charge in [0.1, 0.15) is 0 Å². The Morgan fingerprint density at radius 2 is 2.06 bits per heavy atom. The van der Waals surface area contributed by atoms with Gasteiger partial charge in [-0.05, 0) is 36.9 Å². The minimum Gasteiger partial charge on any atom is -0.314 e. The highest BCUT2D eigenvalue weighted by Gasteiger charge is 2.25. The molecule has 1 aliphatic carbocycles. The smallest absolute Gasteiger partial charge is 0.0931 e. The maximum Gasteiger partial charge on any atom is 0.0931 e. The summed E-state index contributed by atoms with van der Waals surface area (Å²) in [5, 5.41) is 3.62. The molecular weight excluding hydrogens is 262 g/mol. The van der Waals surface area contributed by atoms with Crippen LogP contribution in [0.5, 0.6) is 0 Å². The van der Waals surface area contributed by atoms with E-state index in [9.17, 15) is 0 Å². The number of thiophene rings is 1. The lowest BCUT2D eigenvalue weighted by Gasteiger charge is -2.24. The van der Waals surface area contributed by atoms with E-state index in [2.05, 4.69) is 25.2 Å². The van der Waals surface area contributed by atoms with E-state index < -0.39 is 0 Å². The van der Waals surface area contributed by atoms with Gasteiger partial charge in [0, 0.05) is 10.9 Å². The van der Waals surface area contributed by atoms with Gasteiger partial charge >= 0.3 is 0 Å². The first-order chi connectivity index (χ1) is 8.65. The number of halogens is 1. The van der Waals surface area contributed by atoms with E-state index in [0.717, 1.165) is 22.7 Å². The van der Waals surface area contributed by atoms with Crippen LogP contribution in [-0.2, 0) is 6.42 Å². The van der Waals surface area contributed by atoms with Gasteiger partial charge in [-0.25, -0.2) is 0 Å². The van der Waals surface area contributed by atoms with Crippen LogP contribution < -0.4 is 5.32 Å². The van der Waals surface area contributed by atoms with Crippen molar-refractivity contribution in [3.63, 3.8) is 0 Å². The van der Waals surface area contributed by atoms with Gasteiger partial charge in [0.25, 0.3) is 0 Å². The summed E-state index contributed by atoms with van der Waals surface area (Å²) in [6, 6.07) is 4.81. The molecule has 0 radical (unpaired) electrons. The van der Waals surface area contributed by atoms with Crippen molar-refractivity contribution in [1.82, 2.24) is 5.32 Å². The summed E-state index contributed by atoms with van der Waals surface area (Å²) >= 11 is 7.78. The lowest BCUT2D eigenvalue weighted by atomic mass is 9.87. The molecule has 1 unspecified atom stereocenters. The zero-order valence-electron chi connectivity index (χ0n) is 11.4. The number of rotatable bonds is 6. The van der Waals surface area contributed by atoms with Crippen LogP contribution in [0.4, 0.5) is 0 Å². The summed E-state index contributed by atoms with van der Waals surface area (Å²) in [5.41, 5.74) is 0. The van der Waals surface area contributed by atoms with Gasteiger partial charge in [-0.1, -0.05) is 51.1 Å². The van der Waals surface area contributed by atoms with Crippen LogP contribution in [0.1, 0.15) is 44.4 Å². The topological polar surface area (TPSA) is 12.0 Å². The SMILES string of the molecule is CC(C)NCC(Cc1ccc(Cl)s1)C1CCCC1. The average molecular weight is 286 g/mol. The minimum atomic E-state index is 0.584. The highest BCUT2D eigenvalue weighted by atomic mass is 35.5. The third kappa shape index (κ3) is 4.25. The van der Waals surface area contributed by atoms with Crippen molar-refractivity contribution in [2.24, 2.45) is 11.8 Å². The van der Waals surface area contributed by atoms with Crippen molar-refractivity contribution in [3.8, 4) is 0 Å². The third-order valence-corrected chi connectivity index (χ3v) is 5.20. The van der Waals surface area contributed by atoms with Crippen molar-refractivity contribution in [1.29, 1.82) is 0 Å². The van der Waals surface area contributed by atoms with Crippen molar-refractivity contribution in [3.05, 3.63) is 21.3 Å². The fourth-order valence-corrected chi connectivity index (χ4v) is 4.12. The predicted octanol–water partition coefficient (Wildman–Crippen LogP) is 4.75. The van der Waals surface area contributed by atoms with Gasteiger partial charge in [0.05, 0.1) is 4.34 Å². The molecule has 1 atom stereocenters. The highest BCUT2D eigenvalue weighted by molar-refractivity contribution is 7.16. The fraction of sp³-hybridized carbons (Fsp3) is 0.733. The molecule has 1 N–H and O–H groups in total. The first kappa shape index (κ1) is 14.4. The molecule has 1 aliphatic rings. The molecule has 1 nitrogen and oxygen atoms in total. The molecular formula is C15H24ClNS. The second-order valence-electron chi connectivity index (χ2n) is 5.78. The molecule has 102 valence electrons. The van der Waals surface area contributed by atoms with E-state index in [1.165, 1.54) is 37.0 Å². The van der Waals surface area contributed by atoms with E-state index in [0.29, 0.717) is 6.04 Å². The Labute approximate surface area is 120 Å². The van der Waals surface area contributed by atoms with Gasteiger partial charge < -0.3 is 5.32 Å². The molecule has 2 rings (SSSR count). The molecule has 1 aromatic heterocycles. The Kier molecular flexibility index (Phi) is 5.53. The quantitative estimate of drug-likeness (QED) is 0.795. The van der Waals surface area contributed by atoms with Crippen molar-refractivity contribution >= 4 is 22.9 Å². The molecule has 0 saturated heterocycles. The van der Waals surface area contributed by atoms with Gasteiger partial charge in [-0.3, -0.25) is 0 Å². The van der Waals surface area contributed by atoms with E-state index in [-0.39, 0.29) is 0 Å². The fourth-order valence-electron chi connectivity index (χ4n) is 2.94. The highest BCUT2D eigenvalue weighted by Crippen LogP contribution is 2.34. The molecule has 3 heteroatoms. The Hall–Kier alpha value is -0.0500. The van der Waals surface area contributed by atoms with E-state index >= 15 is 0 Å². The first-order valence-electron chi connectivity index (χ1n) is 7.12. The molecule has 0 amide bonds. The molecule has 18 heavy (non-hydrogen) atoms. The van der Waals surface area contributed by atoms with E-state index in [1.54, 1.807) is 11.3 Å². The summed E-state index contributed by atoms with van der Waals surface area (Å²) < 4.78 is 0.923. The summed E-state index contributed by atoms with van der Waals surface area (Å²) in [6.45, 7) is 5.61. The Balaban J connectivity index is 1.94. The molecule has 0 bridgehead atoms. The largest absolute Gasteiger partial charge is 0.314 e. The van der Waals surface area contributed by atoms with E-state index in [4.69, 9.17) is 11.6 Å². The molecule has 0 aromatic carbocycles. The van der Waals surface area contributed by atoms with Crippen molar-refractivity contribution < 1.29 is 0 Å². The summed E-state index contributed by atoms with van der Waals surface area (Å²) in [5.74, 6) is 1.70. The maximum atomic E-state index is 6.03. The Morgan fingerprint density at radius 3 is 2.61 bits per heavy atom. The van der Waals surface area contributed by atoms with Crippen LogP contribution >= 0.6 is 22.9 Å². The van der Waals surface area contributed by atoms with Crippen molar-refractivity contribution in [2.45, 2.75) is 52.0 Å². The van der Waals surface area contributed by atoms with Crippen LogP contribution in [0.25, 0.3) is 0 Å². The average Bonchev–Trinajstić information content (AvgIpc) is 2.95. The second-order valence-corrected chi connectivity index (χ2v) is 7.58. The lowest BCUT2D eigenvalue weighted by molar-refractivity contribution is 0.314. The molecule has 1 fully saturated rings. The molecule has 1 aromatic rings. The van der Waals surface area contributed by atoms with Gasteiger partial charge in [0.15, 0.2) is 0 Å². The molecule has 0 spiro atoms. The van der Waals surface area contributed by atoms with Crippen LogP contribution in [0.2, 0.25) is 4.34 Å². The number of hydrogen-bond donors (Lipinski definition) is 1. The first-order valence-corrected chi connectivity index (χ1v) is 8.32. The monoisotopic (exact) mass is 285 g/mol. The molecule has 1 heterocycles. The minimum absolute atomic E-state index is 0.584. The Morgan fingerprint density at radius 1 is 1.33 bits per heavy atom. The van der Waals surface area contributed by atoms with Gasteiger partial charge in [-0.15, -0.1) is 11.3 Å². The van der Waals surface area contributed by atoms with Crippen molar-refractivity contribution in [2.75, 3.05) is 6.54 Å². The summed E-state index contributed by atoms with van der Waals surface area (Å²) in [4.78, 5) is 1.45. The van der Waals surface area contributed by atoms with Gasteiger partial charge in [0.2, 0.25) is 0 Å². The Bertz CT molecular complexity index is 355. The standard InChI is InChI=1S/C15H24ClNS/c1-11(2)17-10-13(12-5-3-4-6-12)9-14-7-8-15(16)18-14/h7-8,11-13,17H,3-6,9-10H2,1-2H3. The summed E-state index contributed by atoms with van der Waals surface area (Å²) in [7, 11) is 0. The summed E-state index contributed by atoms with van der Waals surface area (Å²) in [6.07, 6.45) is 6.89. The van der Waals surface area contributed by atoms with Crippen LogP contribution in [0.15, 0.2) is 12.1 Å². The second kappa shape index (κ2) is 6.93. The number of hydrogen-bond acceptors (Lipinski definition) is 2. The maximum absolute atomic E-state index is 6.03. The van der Waals surface area contributed by atoms with Crippen LogP contribution in [0, 0.1) is 11.8 Å². The van der Waals surface area contributed by atoms with Crippen LogP contribution in [0.3, 0.4) is 0 Å². The van der Waals surface area contributed by atoms with Crippen LogP contribution in [-0.4, -0.2) is 12.6 Å². The zero-order valence-corrected chi connectivity index (χ0v) is 13.0. The number of nitrogens with one attached hydrogen (secondary N) is 1. The zero-order chi connectivity index (χ0) is 13.0.